The molecule has 5 heteroatoms. The van der Waals surface area contributed by atoms with Crippen molar-refractivity contribution in [2.24, 2.45) is 4.40 Å². The molecule has 1 atom stereocenters. The van der Waals surface area contributed by atoms with Crippen LogP contribution in [-0.2, 0) is 11.0 Å². The van der Waals surface area contributed by atoms with Gasteiger partial charge < -0.3 is 4.74 Å². The topological polar surface area (TPSA) is 38.7 Å². The summed E-state index contributed by atoms with van der Waals surface area (Å²) in [5.41, 5.74) is 0.797. The van der Waals surface area contributed by atoms with Gasteiger partial charge >= 0.3 is 0 Å². The van der Waals surface area contributed by atoms with E-state index < -0.39 is 11.0 Å². The maximum atomic E-state index is 11.9. The number of rotatable bonds is 4. The van der Waals surface area contributed by atoms with E-state index in [1.54, 1.807) is 6.21 Å². The first-order valence-electron chi connectivity index (χ1n) is 6.14. The van der Waals surface area contributed by atoms with Crippen molar-refractivity contribution in [3.05, 3.63) is 29.8 Å². The first-order chi connectivity index (χ1) is 9.45. The summed E-state index contributed by atoms with van der Waals surface area (Å²) < 4.78 is 21.2. The lowest BCUT2D eigenvalue weighted by molar-refractivity contribution is 0.369. The van der Waals surface area contributed by atoms with Crippen LogP contribution in [0.15, 0.2) is 28.7 Å². The van der Waals surface area contributed by atoms with Crippen LogP contribution in [0.5, 0.6) is 5.75 Å². The van der Waals surface area contributed by atoms with E-state index in [0.717, 1.165) is 5.56 Å². The number of alkyl halides is 1. The third kappa shape index (κ3) is 5.89. The Labute approximate surface area is 131 Å². The molecule has 0 unspecified atom stereocenters. The lowest BCUT2D eigenvalue weighted by atomic mass is 10.2. The van der Waals surface area contributed by atoms with Crippen molar-refractivity contribution >= 4 is 33.1 Å². The minimum atomic E-state index is -1.28. The summed E-state index contributed by atoms with van der Waals surface area (Å²) in [6.07, 6.45) is 1.59. The molecule has 1 aromatic rings. The Morgan fingerprint density at radius 3 is 2.70 bits per heavy atom. The highest BCUT2D eigenvalue weighted by atomic mass is 79.9. The van der Waals surface area contributed by atoms with Crippen LogP contribution in [0.25, 0.3) is 0 Å². The lowest BCUT2D eigenvalue weighted by Gasteiger charge is -2.13. The van der Waals surface area contributed by atoms with Gasteiger partial charge in [0, 0.05) is 11.8 Å². The van der Waals surface area contributed by atoms with Crippen LogP contribution >= 0.6 is 15.9 Å². The van der Waals surface area contributed by atoms with E-state index in [1.165, 1.54) is 0 Å². The van der Waals surface area contributed by atoms with E-state index in [-0.39, 0.29) is 4.75 Å². The van der Waals surface area contributed by atoms with Gasteiger partial charge in [0.2, 0.25) is 0 Å². The van der Waals surface area contributed by atoms with Gasteiger partial charge in [-0.25, -0.2) is 4.21 Å². The maximum Gasteiger partial charge on any atom is 0.149 e. The first-order valence-corrected chi connectivity index (χ1v) is 8.37. The summed E-state index contributed by atoms with van der Waals surface area (Å²) in [6, 6.07) is 7.48. The second-order valence-electron chi connectivity index (χ2n) is 4.91. The number of hydrogen-bond donors (Lipinski definition) is 0. The SMILES string of the molecule is CC(C)(C)[S@@](=O)/N=C\c1ccccc1OCC#CCBr. The molecule has 0 spiro atoms. The number of benzene rings is 1. The monoisotopic (exact) mass is 355 g/mol. The molecule has 108 valence electrons. The molecule has 20 heavy (non-hydrogen) atoms. The van der Waals surface area contributed by atoms with Gasteiger partial charge in [-0.15, -0.1) is 0 Å². The Morgan fingerprint density at radius 1 is 1.35 bits per heavy atom. The van der Waals surface area contributed by atoms with Crippen molar-refractivity contribution in [3.63, 3.8) is 0 Å². The highest BCUT2D eigenvalue weighted by Gasteiger charge is 2.18. The number of nitrogens with zero attached hydrogens (tertiary/aromatic N) is 1. The molecule has 0 radical (unpaired) electrons. The molecule has 0 aliphatic rings. The number of ether oxygens (including phenoxy) is 1. The average molecular weight is 356 g/mol. The fourth-order valence-electron chi connectivity index (χ4n) is 1.19. The van der Waals surface area contributed by atoms with Gasteiger partial charge in [-0.2, -0.15) is 4.40 Å². The van der Waals surface area contributed by atoms with Crippen LogP contribution in [0.4, 0.5) is 0 Å². The fourth-order valence-corrected chi connectivity index (χ4v) is 1.92. The van der Waals surface area contributed by atoms with Gasteiger partial charge in [0.15, 0.2) is 0 Å². The quantitative estimate of drug-likeness (QED) is 0.472. The molecule has 0 heterocycles. The molecular formula is C15H18BrNO2S. The smallest absolute Gasteiger partial charge is 0.149 e. The number of hydrogen-bond acceptors (Lipinski definition) is 2. The van der Waals surface area contributed by atoms with Gasteiger partial charge in [-0.1, -0.05) is 39.9 Å². The Bertz CT molecular complexity index is 553. The fraction of sp³-hybridized carbons (Fsp3) is 0.400. The summed E-state index contributed by atoms with van der Waals surface area (Å²) in [4.78, 5) is 0. The number of para-hydroxylation sites is 1. The highest BCUT2D eigenvalue weighted by Crippen LogP contribution is 2.17. The van der Waals surface area contributed by atoms with Crippen molar-refractivity contribution in [2.45, 2.75) is 25.5 Å². The normalized spacial score (nSPS) is 12.8. The zero-order chi connectivity index (χ0) is 15.0. The van der Waals surface area contributed by atoms with Gasteiger partial charge in [0.1, 0.15) is 23.3 Å². The van der Waals surface area contributed by atoms with Gasteiger partial charge in [-0.05, 0) is 32.9 Å². The van der Waals surface area contributed by atoms with Crippen molar-refractivity contribution < 1.29 is 8.95 Å². The zero-order valence-corrected chi connectivity index (χ0v) is 14.3. The van der Waals surface area contributed by atoms with E-state index in [0.29, 0.717) is 17.7 Å². The van der Waals surface area contributed by atoms with E-state index in [2.05, 4.69) is 32.2 Å². The third-order valence-electron chi connectivity index (χ3n) is 2.22. The standard InChI is InChI=1S/C15H18BrNO2S/c1-15(2,3)20(18)17-12-13-8-4-5-9-14(13)19-11-7-6-10-16/h4-5,8-9,12H,10-11H2,1-3H3/b17-12-/t20-/m1/s1. The molecule has 0 aliphatic carbocycles. The van der Waals surface area contributed by atoms with Crippen LogP contribution in [0, 0.1) is 11.8 Å². The maximum absolute atomic E-state index is 11.9. The minimum absolute atomic E-state index is 0.318. The Kier molecular flexibility index (Phi) is 6.97. The largest absolute Gasteiger partial charge is 0.480 e. The van der Waals surface area contributed by atoms with E-state index >= 15 is 0 Å². The second kappa shape index (κ2) is 8.23. The molecule has 0 saturated heterocycles. The Balaban J connectivity index is 2.80. The van der Waals surface area contributed by atoms with Crippen LogP contribution < -0.4 is 4.74 Å². The second-order valence-corrected chi connectivity index (χ2v) is 7.40. The first kappa shape index (κ1) is 16.9. The van der Waals surface area contributed by atoms with E-state index in [9.17, 15) is 4.21 Å². The number of halogens is 1. The lowest BCUT2D eigenvalue weighted by Crippen LogP contribution is -2.19. The molecule has 0 saturated carbocycles. The Morgan fingerprint density at radius 2 is 2.05 bits per heavy atom. The van der Waals surface area contributed by atoms with Crippen LogP contribution in [-0.4, -0.2) is 27.1 Å². The van der Waals surface area contributed by atoms with Crippen molar-refractivity contribution in [1.82, 2.24) is 0 Å². The van der Waals surface area contributed by atoms with Crippen molar-refractivity contribution in [3.8, 4) is 17.6 Å². The minimum Gasteiger partial charge on any atom is -0.480 e. The van der Waals surface area contributed by atoms with Gasteiger partial charge in [0.25, 0.3) is 0 Å². The summed E-state index contributed by atoms with van der Waals surface area (Å²) in [5.74, 6) is 6.43. The highest BCUT2D eigenvalue weighted by molar-refractivity contribution is 9.09. The molecule has 3 nitrogen and oxygen atoms in total. The molecule has 1 aromatic carbocycles. The Hall–Kier alpha value is -1.12. The summed E-state index contributed by atoms with van der Waals surface area (Å²) in [6.45, 7) is 5.98. The molecule has 0 amide bonds. The predicted molar refractivity (Wildman–Crippen MR) is 89.0 cm³/mol. The summed E-state index contributed by atoms with van der Waals surface area (Å²) >= 11 is 3.23. The van der Waals surface area contributed by atoms with Crippen LogP contribution in [0.1, 0.15) is 26.3 Å². The van der Waals surface area contributed by atoms with Gasteiger partial charge in [-0.3, -0.25) is 0 Å². The summed E-state index contributed by atoms with van der Waals surface area (Å²) in [5, 5.41) is 0.629. The zero-order valence-electron chi connectivity index (χ0n) is 11.9. The molecule has 0 N–H and O–H groups in total. The van der Waals surface area contributed by atoms with Crippen LogP contribution in [0.2, 0.25) is 0 Å². The average Bonchev–Trinajstić information content (AvgIpc) is 2.41. The van der Waals surface area contributed by atoms with Crippen LogP contribution in [0.3, 0.4) is 0 Å². The molecule has 0 fully saturated rings. The van der Waals surface area contributed by atoms with Gasteiger partial charge in [0.05, 0.1) is 10.1 Å². The molecule has 0 aliphatic heterocycles. The molecule has 0 aromatic heterocycles. The van der Waals surface area contributed by atoms with Crippen molar-refractivity contribution in [1.29, 1.82) is 0 Å². The molecular weight excluding hydrogens is 338 g/mol. The summed E-state index contributed by atoms with van der Waals surface area (Å²) in [7, 11) is -1.28. The van der Waals surface area contributed by atoms with E-state index in [4.69, 9.17) is 4.74 Å². The van der Waals surface area contributed by atoms with E-state index in [1.807, 2.05) is 45.0 Å². The molecule has 1 rings (SSSR count). The molecule has 0 bridgehead atoms. The predicted octanol–water partition coefficient (Wildman–Crippen LogP) is 3.34. The van der Waals surface area contributed by atoms with Crippen molar-refractivity contribution in [2.75, 3.05) is 11.9 Å². The third-order valence-corrected chi connectivity index (χ3v) is 3.85.